The van der Waals surface area contributed by atoms with Gasteiger partial charge < -0.3 is 10.1 Å². The summed E-state index contributed by atoms with van der Waals surface area (Å²) in [5, 5.41) is 11.7. The Balaban J connectivity index is 3.05. The Bertz CT molecular complexity index is 361. The second-order valence-corrected chi connectivity index (χ2v) is 5.74. The van der Waals surface area contributed by atoms with E-state index in [1.165, 1.54) is 0 Å². The van der Waals surface area contributed by atoms with Gasteiger partial charge in [-0.25, -0.2) is 4.68 Å². The lowest BCUT2D eigenvalue weighted by molar-refractivity contribution is 0.000790. The fraction of sp³-hybridized carbons (Fsp3) is 0.846. The second-order valence-electron chi connectivity index (χ2n) is 4.98. The van der Waals surface area contributed by atoms with E-state index >= 15 is 0 Å². The molecule has 0 aliphatic rings. The Hall–Kier alpha value is -0.460. The molecular weight excluding hydrogens is 308 g/mol. The topological polar surface area (TPSA) is 52.0 Å². The van der Waals surface area contributed by atoms with Crippen LogP contribution in [0.1, 0.15) is 45.9 Å². The Kier molecular flexibility index (Phi) is 6.96. The van der Waals surface area contributed by atoms with Gasteiger partial charge >= 0.3 is 0 Å². The van der Waals surface area contributed by atoms with Crippen molar-refractivity contribution < 1.29 is 4.74 Å². The third-order valence-corrected chi connectivity index (χ3v) is 3.65. The maximum Gasteiger partial charge on any atom is 0.153 e. The molecule has 0 spiro atoms. The molecule has 5 nitrogen and oxygen atoms in total. The van der Waals surface area contributed by atoms with Gasteiger partial charge in [0.25, 0.3) is 0 Å². The number of hydrogen-bond acceptors (Lipinski definition) is 4. The van der Waals surface area contributed by atoms with Crippen LogP contribution in [0.15, 0.2) is 4.60 Å². The normalized spacial score (nSPS) is 14.9. The molecule has 2 atom stereocenters. The highest BCUT2D eigenvalue weighted by atomic mass is 79.9. The number of aromatic nitrogens is 3. The van der Waals surface area contributed by atoms with E-state index in [1.807, 2.05) is 18.7 Å². The summed E-state index contributed by atoms with van der Waals surface area (Å²) in [5.74, 6) is 0.413. The molecule has 0 radical (unpaired) electrons. The summed E-state index contributed by atoms with van der Waals surface area (Å²) in [6, 6.07) is 0.0919. The van der Waals surface area contributed by atoms with Crippen LogP contribution in [0.2, 0.25) is 0 Å². The molecule has 0 bridgehead atoms. The summed E-state index contributed by atoms with van der Waals surface area (Å²) in [6.07, 6.45) is 1.18. The Morgan fingerprint density at radius 3 is 2.47 bits per heavy atom. The molecule has 0 aliphatic carbocycles. The predicted octanol–water partition coefficient (Wildman–Crippen LogP) is 2.68. The van der Waals surface area contributed by atoms with E-state index in [0.717, 1.165) is 23.3 Å². The zero-order valence-electron chi connectivity index (χ0n) is 12.5. The maximum atomic E-state index is 5.94. The molecule has 1 N–H and O–H groups in total. The highest BCUT2D eigenvalue weighted by molar-refractivity contribution is 9.10. The van der Waals surface area contributed by atoms with Crippen LogP contribution in [0.25, 0.3) is 0 Å². The summed E-state index contributed by atoms with van der Waals surface area (Å²) in [5.41, 5.74) is 1.04. The minimum absolute atomic E-state index is 0.0919. The van der Waals surface area contributed by atoms with Crippen molar-refractivity contribution in [2.24, 2.45) is 13.0 Å². The number of ether oxygens (including phenoxy) is 1. The Morgan fingerprint density at radius 2 is 2.05 bits per heavy atom. The smallest absolute Gasteiger partial charge is 0.153 e. The summed E-state index contributed by atoms with van der Waals surface area (Å²) in [4.78, 5) is 0. The van der Waals surface area contributed by atoms with Crippen molar-refractivity contribution in [3.8, 4) is 0 Å². The lowest BCUT2D eigenvalue weighted by Crippen LogP contribution is -2.39. The van der Waals surface area contributed by atoms with Crippen LogP contribution < -0.4 is 5.32 Å². The third-order valence-electron chi connectivity index (χ3n) is 3.08. The van der Waals surface area contributed by atoms with Gasteiger partial charge in [0.15, 0.2) is 4.60 Å². The fourth-order valence-electron chi connectivity index (χ4n) is 2.20. The maximum absolute atomic E-state index is 5.94. The lowest BCUT2D eigenvalue weighted by atomic mass is 9.97. The molecule has 0 aliphatic heterocycles. The molecule has 1 aromatic rings. The van der Waals surface area contributed by atoms with E-state index < -0.39 is 0 Å². The standard InChI is InChI=1S/C13H25BrN4O/c1-6-8-15-10(12(9(3)4)19-7-2)11-13(14)16-17-18(11)5/h9-10,12,15H,6-8H2,1-5H3. The average molecular weight is 333 g/mol. The van der Waals surface area contributed by atoms with Crippen molar-refractivity contribution in [1.29, 1.82) is 0 Å². The first-order valence-electron chi connectivity index (χ1n) is 6.92. The number of halogens is 1. The van der Waals surface area contributed by atoms with Gasteiger partial charge in [-0.15, -0.1) is 5.10 Å². The highest BCUT2D eigenvalue weighted by Crippen LogP contribution is 2.28. The molecule has 110 valence electrons. The van der Waals surface area contributed by atoms with Gasteiger partial charge in [-0.1, -0.05) is 26.0 Å². The molecule has 19 heavy (non-hydrogen) atoms. The first-order valence-corrected chi connectivity index (χ1v) is 7.72. The highest BCUT2D eigenvalue weighted by Gasteiger charge is 2.30. The first kappa shape index (κ1) is 16.6. The van der Waals surface area contributed by atoms with Crippen molar-refractivity contribution in [2.45, 2.75) is 46.3 Å². The molecule has 1 aromatic heterocycles. The molecule has 0 fully saturated rings. The summed E-state index contributed by atoms with van der Waals surface area (Å²) in [7, 11) is 1.91. The van der Waals surface area contributed by atoms with Crippen molar-refractivity contribution in [1.82, 2.24) is 20.3 Å². The van der Waals surface area contributed by atoms with E-state index in [0.29, 0.717) is 12.5 Å². The Morgan fingerprint density at radius 1 is 1.37 bits per heavy atom. The molecular formula is C13H25BrN4O. The molecule has 0 aromatic carbocycles. The summed E-state index contributed by atoms with van der Waals surface area (Å²) in [6.45, 7) is 10.2. The van der Waals surface area contributed by atoms with E-state index in [4.69, 9.17) is 4.74 Å². The monoisotopic (exact) mass is 332 g/mol. The predicted molar refractivity (Wildman–Crippen MR) is 80.0 cm³/mol. The van der Waals surface area contributed by atoms with Crippen LogP contribution in [0.3, 0.4) is 0 Å². The molecule has 0 saturated heterocycles. The van der Waals surface area contributed by atoms with E-state index in [1.54, 1.807) is 0 Å². The van der Waals surface area contributed by atoms with E-state index in [-0.39, 0.29) is 12.1 Å². The lowest BCUT2D eigenvalue weighted by Gasteiger charge is -2.30. The van der Waals surface area contributed by atoms with Crippen molar-refractivity contribution in [3.05, 3.63) is 10.3 Å². The van der Waals surface area contributed by atoms with Crippen LogP contribution in [-0.2, 0) is 11.8 Å². The van der Waals surface area contributed by atoms with Gasteiger partial charge in [0.2, 0.25) is 0 Å². The van der Waals surface area contributed by atoms with Crippen molar-refractivity contribution >= 4 is 15.9 Å². The van der Waals surface area contributed by atoms with E-state index in [2.05, 4.69) is 52.3 Å². The average Bonchev–Trinajstić information content (AvgIpc) is 2.69. The molecule has 0 saturated carbocycles. The van der Waals surface area contributed by atoms with Gasteiger partial charge in [-0.3, -0.25) is 0 Å². The third kappa shape index (κ3) is 4.26. The summed E-state index contributed by atoms with van der Waals surface area (Å²) >= 11 is 3.49. The van der Waals surface area contributed by atoms with Crippen LogP contribution >= 0.6 is 15.9 Å². The fourth-order valence-corrected chi connectivity index (χ4v) is 2.78. The molecule has 0 amide bonds. The van der Waals surface area contributed by atoms with Crippen LogP contribution in [0, 0.1) is 5.92 Å². The van der Waals surface area contributed by atoms with Gasteiger partial charge in [0.05, 0.1) is 17.8 Å². The van der Waals surface area contributed by atoms with Crippen molar-refractivity contribution in [2.75, 3.05) is 13.2 Å². The largest absolute Gasteiger partial charge is 0.376 e. The minimum atomic E-state index is 0.0919. The van der Waals surface area contributed by atoms with Crippen LogP contribution in [0.4, 0.5) is 0 Å². The quantitative estimate of drug-likeness (QED) is 0.795. The van der Waals surface area contributed by atoms with Crippen LogP contribution in [-0.4, -0.2) is 34.2 Å². The number of nitrogens with one attached hydrogen (secondary N) is 1. The Labute approximate surface area is 124 Å². The number of aryl methyl sites for hydroxylation is 1. The van der Waals surface area contributed by atoms with Gasteiger partial charge in [-0.05, 0) is 41.7 Å². The van der Waals surface area contributed by atoms with Crippen molar-refractivity contribution in [3.63, 3.8) is 0 Å². The van der Waals surface area contributed by atoms with E-state index in [9.17, 15) is 0 Å². The second kappa shape index (κ2) is 7.97. The van der Waals surface area contributed by atoms with Gasteiger partial charge in [0.1, 0.15) is 0 Å². The van der Waals surface area contributed by atoms with Gasteiger partial charge in [-0.2, -0.15) is 0 Å². The molecule has 1 heterocycles. The SMILES string of the molecule is CCCNC(c1c(Br)nnn1C)C(OCC)C(C)C. The molecule has 2 unspecified atom stereocenters. The first-order chi connectivity index (χ1) is 9.02. The van der Waals surface area contributed by atoms with Crippen LogP contribution in [0.5, 0.6) is 0 Å². The minimum Gasteiger partial charge on any atom is -0.376 e. The molecule has 1 rings (SSSR count). The van der Waals surface area contributed by atoms with Gasteiger partial charge in [0, 0.05) is 13.7 Å². The zero-order valence-corrected chi connectivity index (χ0v) is 14.1. The zero-order chi connectivity index (χ0) is 14.4. The number of rotatable bonds is 8. The number of nitrogens with zero attached hydrogens (tertiary/aromatic N) is 3. The number of hydrogen-bond donors (Lipinski definition) is 1. The molecule has 6 heteroatoms. The summed E-state index contributed by atoms with van der Waals surface area (Å²) < 4.78 is 8.54.